The average molecular weight is 287 g/mol. The van der Waals surface area contributed by atoms with Crippen molar-refractivity contribution in [3.05, 3.63) is 46.5 Å². The highest BCUT2D eigenvalue weighted by molar-refractivity contribution is 5.60. The molecule has 0 unspecified atom stereocenters. The van der Waals surface area contributed by atoms with Crippen LogP contribution in [0.25, 0.3) is 11.4 Å². The van der Waals surface area contributed by atoms with Crippen LogP contribution in [0.3, 0.4) is 0 Å². The van der Waals surface area contributed by atoms with Crippen molar-refractivity contribution < 1.29 is 4.39 Å². The molecule has 0 aliphatic heterocycles. The molecule has 1 aromatic heterocycles. The van der Waals surface area contributed by atoms with Gasteiger partial charge in [-0.05, 0) is 69.6 Å². The van der Waals surface area contributed by atoms with Gasteiger partial charge in [0.25, 0.3) is 0 Å². The summed E-state index contributed by atoms with van der Waals surface area (Å²) in [5.74, 6) is 0.446. The molecule has 0 aliphatic rings. The lowest BCUT2D eigenvalue weighted by Crippen LogP contribution is -2.17. The summed E-state index contributed by atoms with van der Waals surface area (Å²) in [5.41, 5.74) is 4.94. The van der Waals surface area contributed by atoms with Gasteiger partial charge in [0.1, 0.15) is 5.82 Å². The maximum Gasteiger partial charge on any atom is 0.159 e. The number of aryl methyl sites for hydroxylation is 3. The van der Waals surface area contributed by atoms with E-state index in [9.17, 15) is 4.39 Å². The van der Waals surface area contributed by atoms with Gasteiger partial charge in [0, 0.05) is 17.0 Å². The fourth-order valence-corrected chi connectivity index (χ4v) is 2.49. The van der Waals surface area contributed by atoms with Crippen molar-refractivity contribution >= 4 is 0 Å². The highest BCUT2D eigenvalue weighted by Gasteiger charge is 2.11. The van der Waals surface area contributed by atoms with Crippen LogP contribution in [-0.2, 0) is 6.42 Å². The summed E-state index contributed by atoms with van der Waals surface area (Å²) in [7, 11) is 0. The Morgan fingerprint density at radius 2 is 1.76 bits per heavy atom. The van der Waals surface area contributed by atoms with Crippen molar-refractivity contribution in [2.45, 2.75) is 34.1 Å². The molecule has 0 radical (unpaired) electrons. The molecule has 4 heteroatoms. The van der Waals surface area contributed by atoms with Crippen LogP contribution in [-0.4, -0.2) is 23.1 Å². The number of nitrogens with zero attached hydrogens (tertiary/aromatic N) is 2. The van der Waals surface area contributed by atoms with Gasteiger partial charge in [-0.1, -0.05) is 6.92 Å². The minimum atomic E-state index is -0.230. The minimum absolute atomic E-state index is 0.230. The summed E-state index contributed by atoms with van der Waals surface area (Å²) < 4.78 is 13.2. The Hall–Kier alpha value is -1.81. The van der Waals surface area contributed by atoms with Gasteiger partial charge in [0.05, 0.1) is 0 Å². The first kappa shape index (κ1) is 15.6. The van der Waals surface area contributed by atoms with Crippen LogP contribution >= 0.6 is 0 Å². The molecule has 1 aromatic carbocycles. The molecule has 112 valence electrons. The fourth-order valence-electron chi connectivity index (χ4n) is 2.49. The second kappa shape index (κ2) is 6.76. The van der Waals surface area contributed by atoms with Crippen molar-refractivity contribution in [1.29, 1.82) is 0 Å². The molecule has 0 atom stereocenters. The van der Waals surface area contributed by atoms with E-state index >= 15 is 0 Å². The Morgan fingerprint density at radius 1 is 1.10 bits per heavy atom. The van der Waals surface area contributed by atoms with Gasteiger partial charge in [-0.15, -0.1) is 0 Å². The summed E-state index contributed by atoms with van der Waals surface area (Å²) in [6.07, 6.45) is 0.925. The molecule has 0 bridgehead atoms. The van der Waals surface area contributed by atoms with Crippen molar-refractivity contribution in [1.82, 2.24) is 15.3 Å². The van der Waals surface area contributed by atoms with Crippen molar-refractivity contribution in [2.75, 3.05) is 13.1 Å². The first-order valence-electron chi connectivity index (χ1n) is 7.34. The molecule has 2 aromatic rings. The lowest BCUT2D eigenvalue weighted by molar-refractivity contribution is 0.627. The maximum absolute atomic E-state index is 13.2. The lowest BCUT2D eigenvalue weighted by Gasteiger charge is -2.12. The summed E-state index contributed by atoms with van der Waals surface area (Å²) in [5, 5.41) is 3.32. The van der Waals surface area contributed by atoms with Crippen LogP contribution in [0.2, 0.25) is 0 Å². The van der Waals surface area contributed by atoms with Crippen molar-refractivity contribution in [3.8, 4) is 11.4 Å². The third-order valence-electron chi connectivity index (χ3n) is 3.65. The molecular formula is C17H22FN3. The Bertz CT molecular complexity index is 615. The number of hydrogen-bond donors (Lipinski definition) is 1. The number of halogens is 1. The van der Waals surface area contributed by atoms with Gasteiger partial charge >= 0.3 is 0 Å². The highest BCUT2D eigenvalue weighted by Crippen LogP contribution is 2.23. The number of hydrogen-bond acceptors (Lipinski definition) is 3. The minimum Gasteiger partial charge on any atom is -0.317 e. The molecule has 0 saturated heterocycles. The summed E-state index contributed by atoms with van der Waals surface area (Å²) >= 11 is 0. The topological polar surface area (TPSA) is 37.8 Å². The predicted molar refractivity (Wildman–Crippen MR) is 83.9 cm³/mol. The molecule has 0 amide bonds. The second-order valence-electron chi connectivity index (χ2n) is 5.26. The van der Waals surface area contributed by atoms with E-state index < -0.39 is 0 Å². The van der Waals surface area contributed by atoms with E-state index in [2.05, 4.69) is 22.2 Å². The van der Waals surface area contributed by atoms with Crippen molar-refractivity contribution in [3.63, 3.8) is 0 Å². The van der Waals surface area contributed by atoms with Crippen LogP contribution in [0, 0.1) is 26.6 Å². The normalized spacial score (nSPS) is 10.9. The van der Waals surface area contributed by atoms with Crippen LogP contribution in [0.15, 0.2) is 18.2 Å². The fraction of sp³-hybridized carbons (Fsp3) is 0.412. The molecule has 0 fully saturated rings. The Morgan fingerprint density at radius 3 is 2.33 bits per heavy atom. The summed E-state index contributed by atoms with van der Waals surface area (Å²) in [6, 6.07) is 4.72. The third kappa shape index (κ3) is 3.64. The maximum atomic E-state index is 13.2. The first-order valence-corrected chi connectivity index (χ1v) is 7.34. The average Bonchev–Trinajstić information content (AvgIpc) is 2.41. The molecule has 1 N–H and O–H groups in total. The standard InChI is InChI=1S/C17H22FN3/c1-5-19-9-8-16-12(3)20-17(21-13(16)4)15-7-6-14(18)10-11(15)2/h6-7,10,19H,5,8-9H2,1-4H3. The molecule has 0 aliphatic carbocycles. The van der Waals surface area contributed by atoms with E-state index in [1.54, 1.807) is 6.07 Å². The Balaban J connectivity index is 2.35. The molecule has 0 saturated carbocycles. The van der Waals surface area contributed by atoms with E-state index in [0.29, 0.717) is 5.82 Å². The number of nitrogens with one attached hydrogen (secondary N) is 1. The zero-order valence-corrected chi connectivity index (χ0v) is 13.1. The van der Waals surface area contributed by atoms with Crippen molar-refractivity contribution in [2.24, 2.45) is 0 Å². The second-order valence-corrected chi connectivity index (χ2v) is 5.26. The summed E-state index contributed by atoms with van der Waals surface area (Å²) in [6.45, 7) is 9.89. The number of benzene rings is 1. The zero-order chi connectivity index (χ0) is 15.4. The summed E-state index contributed by atoms with van der Waals surface area (Å²) in [4.78, 5) is 9.22. The van der Waals surface area contributed by atoms with E-state index in [1.165, 1.54) is 17.7 Å². The smallest absolute Gasteiger partial charge is 0.159 e. The molecular weight excluding hydrogens is 265 g/mol. The lowest BCUT2D eigenvalue weighted by atomic mass is 10.1. The highest BCUT2D eigenvalue weighted by atomic mass is 19.1. The van der Waals surface area contributed by atoms with Gasteiger partial charge in [0.15, 0.2) is 5.82 Å². The molecule has 21 heavy (non-hydrogen) atoms. The van der Waals surface area contributed by atoms with E-state index in [-0.39, 0.29) is 5.82 Å². The number of aromatic nitrogens is 2. The zero-order valence-electron chi connectivity index (χ0n) is 13.1. The van der Waals surface area contributed by atoms with Crippen LogP contribution in [0.1, 0.15) is 29.4 Å². The number of likely N-dealkylation sites (N-methyl/N-ethyl adjacent to an activating group) is 1. The van der Waals surface area contributed by atoms with E-state index in [1.807, 2.05) is 20.8 Å². The monoisotopic (exact) mass is 287 g/mol. The van der Waals surface area contributed by atoms with Gasteiger partial charge in [0.2, 0.25) is 0 Å². The largest absolute Gasteiger partial charge is 0.317 e. The van der Waals surface area contributed by atoms with E-state index in [0.717, 1.165) is 42.0 Å². The van der Waals surface area contributed by atoms with Crippen LogP contribution in [0.5, 0.6) is 0 Å². The Labute approximate surface area is 125 Å². The van der Waals surface area contributed by atoms with Crippen LogP contribution in [0.4, 0.5) is 4.39 Å². The van der Waals surface area contributed by atoms with Gasteiger partial charge in [-0.25, -0.2) is 14.4 Å². The number of rotatable bonds is 5. The predicted octanol–water partition coefficient (Wildman–Crippen LogP) is 3.36. The molecule has 1 heterocycles. The molecule has 0 spiro atoms. The van der Waals surface area contributed by atoms with Gasteiger partial charge in [-0.3, -0.25) is 0 Å². The van der Waals surface area contributed by atoms with E-state index in [4.69, 9.17) is 0 Å². The third-order valence-corrected chi connectivity index (χ3v) is 3.65. The molecule has 3 nitrogen and oxygen atoms in total. The Kier molecular flexibility index (Phi) is 5.02. The molecule has 2 rings (SSSR count). The first-order chi connectivity index (χ1) is 10.0. The van der Waals surface area contributed by atoms with Crippen LogP contribution < -0.4 is 5.32 Å². The van der Waals surface area contributed by atoms with Gasteiger partial charge < -0.3 is 5.32 Å². The van der Waals surface area contributed by atoms with Gasteiger partial charge in [-0.2, -0.15) is 0 Å². The SMILES string of the molecule is CCNCCc1c(C)nc(-c2ccc(F)cc2C)nc1C. The quantitative estimate of drug-likeness (QED) is 0.857.